The maximum Gasteiger partial charge on any atom is 0.152 e. The van der Waals surface area contributed by atoms with Crippen molar-refractivity contribution < 1.29 is 8.81 Å². The summed E-state index contributed by atoms with van der Waals surface area (Å²) in [6.07, 6.45) is 2.43. The standard InChI is InChI=1S/C11H11ClFNO/c1-14-3-2-7-6-15-11-9(7)4-8(13)5-10(11)12/h4-6,14H,2-3H2,1H3. The van der Waals surface area contributed by atoms with Gasteiger partial charge in [0.15, 0.2) is 5.58 Å². The summed E-state index contributed by atoms with van der Waals surface area (Å²) in [7, 11) is 1.87. The lowest BCUT2D eigenvalue weighted by molar-refractivity contribution is 0.605. The molecule has 0 aliphatic heterocycles. The molecule has 0 unspecified atom stereocenters. The number of halogens is 2. The highest BCUT2D eigenvalue weighted by molar-refractivity contribution is 6.34. The predicted molar refractivity (Wildman–Crippen MR) is 58.8 cm³/mol. The van der Waals surface area contributed by atoms with Crippen LogP contribution in [0.2, 0.25) is 5.02 Å². The zero-order chi connectivity index (χ0) is 10.8. The number of benzene rings is 1. The Kier molecular flexibility index (Phi) is 2.93. The first kappa shape index (κ1) is 10.5. The molecule has 80 valence electrons. The van der Waals surface area contributed by atoms with Gasteiger partial charge in [-0.1, -0.05) is 11.6 Å². The van der Waals surface area contributed by atoms with Gasteiger partial charge in [0.2, 0.25) is 0 Å². The Hall–Kier alpha value is -1.06. The Bertz CT molecular complexity index is 481. The summed E-state index contributed by atoms with van der Waals surface area (Å²) in [5.74, 6) is -0.334. The molecule has 0 fully saturated rings. The predicted octanol–water partition coefficient (Wildman–Crippen LogP) is 2.99. The molecule has 0 bridgehead atoms. The van der Waals surface area contributed by atoms with Crippen LogP contribution in [0.5, 0.6) is 0 Å². The Morgan fingerprint density at radius 2 is 2.27 bits per heavy atom. The molecule has 0 saturated heterocycles. The van der Waals surface area contributed by atoms with Crippen molar-refractivity contribution in [2.45, 2.75) is 6.42 Å². The third kappa shape index (κ3) is 1.98. The van der Waals surface area contributed by atoms with Gasteiger partial charge in [0.1, 0.15) is 5.82 Å². The van der Waals surface area contributed by atoms with Crippen molar-refractivity contribution in [1.82, 2.24) is 5.32 Å². The Morgan fingerprint density at radius 1 is 1.47 bits per heavy atom. The summed E-state index contributed by atoms with van der Waals surface area (Å²) in [5.41, 5.74) is 1.53. The third-order valence-electron chi connectivity index (χ3n) is 2.32. The van der Waals surface area contributed by atoms with Crippen LogP contribution >= 0.6 is 11.6 Å². The zero-order valence-electron chi connectivity index (χ0n) is 8.31. The van der Waals surface area contributed by atoms with Crippen molar-refractivity contribution in [3.8, 4) is 0 Å². The van der Waals surface area contributed by atoms with Gasteiger partial charge in [-0.25, -0.2) is 4.39 Å². The van der Waals surface area contributed by atoms with Crippen molar-refractivity contribution in [3.05, 3.63) is 34.8 Å². The van der Waals surface area contributed by atoms with Gasteiger partial charge in [-0.15, -0.1) is 0 Å². The lowest BCUT2D eigenvalue weighted by Gasteiger charge is -1.98. The monoisotopic (exact) mass is 227 g/mol. The number of nitrogens with one attached hydrogen (secondary N) is 1. The van der Waals surface area contributed by atoms with Gasteiger partial charge >= 0.3 is 0 Å². The number of likely N-dealkylation sites (N-methyl/N-ethyl adjacent to an activating group) is 1. The third-order valence-corrected chi connectivity index (χ3v) is 2.60. The first-order valence-corrected chi connectivity index (χ1v) is 5.10. The molecule has 0 radical (unpaired) electrons. The van der Waals surface area contributed by atoms with Crippen LogP contribution in [0.3, 0.4) is 0 Å². The zero-order valence-corrected chi connectivity index (χ0v) is 9.07. The minimum absolute atomic E-state index is 0.320. The molecular formula is C11H11ClFNO. The van der Waals surface area contributed by atoms with Crippen LogP contribution < -0.4 is 5.32 Å². The van der Waals surface area contributed by atoms with Gasteiger partial charge in [0.25, 0.3) is 0 Å². The van der Waals surface area contributed by atoms with E-state index in [0.29, 0.717) is 10.6 Å². The van der Waals surface area contributed by atoms with E-state index in [-0.39, 0.29) is 5.82 Å². The number of rotatable bonds is 3. The molecule has 0 spiro atoms. The lowest BCUT2D eigenvalue weighted by atomic mass is 10.1. The molecule has 0 aliphatic carbocycles. The molecule has 0 atom stereocenters. The van der Waals surface area contributed by atoms with Crippen LogP contribution in [0.1, 0.15) is 5.56 Å². The minimum Gasteiger partial charge on any atom is -0.462 e. The van der Waals surface area contributed by atoms with Crippen molar-refractivity contribution in [3.63, 3.8) is 0 Å². The Balaban J connectivity index is 2.49. The van der Waals surface area contributed by atoms with E-state index in [1.54, 1.807) is 6.26 Å². The smallest absolute Gasteiger partial charge is 0.152 e. The number of hydrogen-bond acceptors (Lipinski definition) is 2. The molecule has 1 aromatic heterocycles. The normalized spacial score (nSPS) is 11.1. The summed E-state index contributed by atoms with van der Waals surface area (Å²) in [6, 6.07) is 2.71. The molecular weight excluding hydrogens is 217 g/mol. The average molecular weight is 228 g/mol. The second-order valence-electron chi connectivity index (χ2n) is 3.38. The molecule has 0 saturated carbocycles. The largest absolute Gasteiger partial charge is 0.462 e. The van der Waals surface area contributed by atoms with Crippen LogP contribution in [-0.2, 0) is 6.42 Å². The SMILES string of the molecule is CNCCc1coc2c(Cl)cc(F)cc12. The molecule has 15 heavy (non-hydrogen) atoms. The first-order valence-electron chi connectivity index (χ1n) is 4.72. The second-order valence-corrected chi connectivity index (χ2v) is 3.79. The lowest BCUT2D eigenvalue weighted by Crippen LogP contribution is -2.09. The molecule has 1 N–H and O–H groups in total. The van der Waals surface area contributed by atoms with Crippen LogP contribution in [0.4, 0.5) is 4.39 Å². The second kappa shape index (κ2) is 4.21. The molecule has 1 aromatic carbocycles. The van der Waals surface area contributed by atoms with Crippen molar-refractivity contribution >= 4 is 22.6 Å². The fraction of sp³-hybridized carbons (Fsp3) is 0.273. The summed E-state index contributed by atoms with van der Waals surface area (Å²) in [4.78, 5) is 0. The highest BCUT2D eigenvalue weighted by atomic mass is 35.5. The Morgan fingerprint density at radius 3 is 3.00 bits per heavy atom. The van der Waals surface area contributed by atoms with E-state index in [4.69, 9.17) is 16.0 Å². The van der Waals surface area contributed by atoms with Gasteiger partial charge in [0.05, 0.1) is 11.3 Å². The quantitative estimate of drug-likeness (QED) is 0.872. The summed E-state index contributed by atoms with van der Waals surface area (Å²) >= 11 is 5.86. The number of furan rings is 1. The van der Waals surface area contributed by atoms with E-state index >= 15 is 0 Å². The van der Waals surface area contributed by atoms with Crippen LogP contribution in [0, 0.1) is 5.82 Å². The van der Waals surface area contributed by atoms with Gasteiger partial charge in [-0.2, -0.15) is 0 Å². The maximum atomic E-state index is 13.1. The van der Waals surface area contributed by atoms with E-state index in [1.807, 2.05) is 7.05 Å². The summed E-state index contributed by atoms with van der Waals surface area (Å²) in [6.45, 7) is 0.822. The van der Waals surface area contributed by atoms with Gasteiger partial charge < -0.3 is 9.73 Å². The van der Waals surface area contributed by atoms with E-state index in [9.17, 15) is 4.39 Å². The first-order chi connectivity index (χ1) is 7.22. The fourth-order valence-corrected chi connectivity index (χ4v) is 1.82. The van der Waals surface area contributed by atoms with Crippen LogP contribution in [0.15, 0.2) is 22.8 Å². The van der Waals surface area contributed by atoms with Crippen molar-refractivity contribution in [1.29, 1.82) is 0 Å². The van der Waals surface area contributed by atoms with Gasteiger partial charge in [-0.05, 0) is 37.7 Å². The van der Waals surface area contributed by atoms with E-state index in [2.05, 4.69) is 5.32 Å². The van der Waals surface area contributed by atoms with Gasteiger partial charge in [-0.3, -0.25) is 0 Å². The van der Waals surface area contributed by atoms with Crippen molar-refractivity contribution in [2.75, 3.05) is 13.6 Å². The van der Waals surface area contributed by atoms with E-state index in [0.717, 1.165) is 23.9 Å². The molecule has 2 rings (SSSR count). The summed E-state index contributed by atoms with van der Waals surface area (Å²) in [5, 5.41) is 4.11. The molecule has 1 heterocycles. The van der Waals surface area contributed by atoms with Crippen LogP contribution in [-0.4, -0.2) is 13.6 Å². The molecule has 0 amide bonds. The fourth-order valence-electron chi connectivity index (χ4n) is 1.57. The average Bonchev–Trinajstić information content (AvgIpc) is 2.58. The van der Waals surface area contributed by atoms with Crippen LogP contribution in [0.25, 0.3) is 11.0 Å². The molecule has 0 aliphatic rings. The minimum atomic E-state index is -0.334. The maximum absolute atomic E-state index is 13.1. The van der Waals surface area contributed by atoms with Gasteiger partial charge in [0, 0.05) is 5.39 Å². The topological polar surface area (TPSA) is 25.2 Å². The highest BCUT2D eigenvalue weighted by Gasteiger charge is 2.10. The summed E-state index contributed by atoms with van der Waals surface area (Å²) < 4.78 is 18.4. The molecule has 2 nitrogen and oxygen atoms in total. The molecule has 2 aromatic rings. The molecule has 4 heteroatoms. The number of fused-ring (bicyclic) bond motifs is 1. The number of hydrogen-bond donors (Lipinski definition) is 1. The highest BCUT2D eigenvalue weighted by Crippen LogP contribution is 2.29. The van der Waals surface area contributed by atoms with E-state index < -0.39 is 0 Å². The van der Waals surface area contributed by atoms with Crippen molar-refractivity contribution in [2.24, 2.45) is 0 Å². The Labute approximate surface area is 92.0 Å². The van der Waals surface area contributed by atoms with E-state index in [1.165, 1.54) is 12.1 Å².